The van der Waals surface area contributed by atoms with Crippen LogP contribution in [0, 0.1) is 3.57 Å². The molecule has 4 heteroatoms. The summed E-state index contributed by atoms with van der Waals surface area (Å²) >= 11 is 2.18. The van der Waals surface area contributed by atoms with Crippen molar-refractivity contribution >= 4 is 28.9 Å². The topological polar surface area (TPSA) is 35.5 Å². The van der Waals surface area contributed by atoms with E-state index in [4.69, 9.17) is 9.47 Å². The van der Waals surface area contributed by atoms with Gasteiger partial charge in [0.05, 0.1) is 16.8 Å². The number of ether oxygens (including phenoxy) is 2. The highest BCUT2D eigenvalue weighted by atomic mass is 127. The summed E-state index contributed by atoms with van der Waals surface area (Å²) in [4.78, 5) is 11.1. The van der Waals surface area contributed by atoms with Crippen LogP contribution in [-0.2, 0) is 0 Å². The zero-order chi connectivity index (χ0) is 13.1. The predicted molar refractivity (Wildman–Crippen MR) is 78.9 cm³/mol. The Morgan fingerprint density at radius 1 is 1.33 bits per heavy atom. The van der Waals surface area contributed by atoms with Gasteiger partial charge in [0.2, 0.25) is 0 Å². The van der Waals surface area contributed by atoms with Gasteiger partial charge in [0.15, 0.2) is 6.29 Å². The van der Waals surface area contributed by atoms with Crippen molar-refractivity contribution in [2.45, 2.75) is 32.6 Å². The fourth-order valence-electron chi connectivity index (χ4n) is 2.05. The lowest BCUT2D eigenvalue weighted by atomic mass is 10.0. The molecule has 0 unspecified atom stereocenters. The third-order valence-corrected chi connectivity index (χ3v) is 4.06. The van der Waals surface area contributed by atoms with Crippen molar-refractivity contribution in [2.75, 3.05) is 13.2 Å². The SMILES string of the molecule is CCOc1cc(C=O)c(I)c(OCC)c1C1CC1. The summed E-state index contributed by atoms with van der Waals surface area (Å²) in [6, 6.07) is 1.84. The minimum absolute atomic E-state index is 0.530. The van der Waals surface area contributed by atoms with Crippen molar-refractivity contribution < 1.29 is 14.3 Å². The fraction of sp³-hybridized carbons (Fsp3) is 0.500. The molecule has 1 fully saturated rings. The van der Waals surface area contributed by atoms with E-state index in [1.807, 2.05) is 19.9 Å². The zero-order valence-corrected chi connectivity index (χ0v) is 12.8. The molecule has 1 aliphatic carbocycles. The van der Waals surface area contributed by atoms with E-state index in [2.05, 4.69) is 22.6 Å². The molecule has 1 aliphatic rings. The highest BCUT2D eigenvalue weighted by Crippen LogP contribution is 2.50. The highest BCUT2D eigenvalue weighted by molar-refractivity contribution is 14.1. The van der Waals surface area contributed by atoms with Gasteiger partial charge in [-0.25, -0.2) is 0 Å². The lowest BCUT2D eigenvalue weighted by Crippen LogP contribution is -2.05. The van der Waals surface area contributed by atoms with Crippen molar-refractivity contribution in [3.05, 3.63) is 20.8 Å². The Labute approximate surface area is 121 Å². The van der Waals surface area contributed by atoms with Crippen LogP contribution in [0.15, 0.2) is 6.07 Å². The van der Waals surface area contributed by atoms with Gasteiger partial charge in [0, 0.05) is 11.1 Å². The molecule has 0 heterocycles. The first-order valence-electron chi connectivity index (χ1n) is 6.30. The average Bonchev–Trinajstić information content (AvgIpc) is 3.18. The van der Waals surface area contributed by atoms with Gasteiger partial charge in [-0.05, 0) is 61.3 Å². The summed E-state index contributed by atoms with van der Waals surface area (Å²) in [5.74, 6) is 2.18. The second-order valence-electron chi connectivity index (χ2n) is 4.28. The lowest BCUT2D eigenvalue weighted by Gasteiger charge is -2.17. The minimum atomic E-state index is 0.530. The molecule has 2 rings (SSSR count). The second kappa shape index (κ2) is 5.91. The zero-order valence-electron chi connectivity index (χ0n) is 10.7. The Morgan fingerprint density at radius 3 is 2.50 bits per heavy atom. The number of carbonyl (C=O) groups is 1. The minimum Gasteiger partial charge on any atom is -0.493 e. The molecule has 0 aromatic heterocycles. The van der Waals surface area contributed by atoms with E-state index in [1.165, 1.54) is 12.8 Å². The molecule has 0 spiro atoms. The number of hydrogen-bond acceptors (Lipinski definition) is 3. The Bertz CT molecular complexity index is 453. The third-order valence-electron chi connectivity index (χ3n) is 2.95. The second-order valence-corrected chi connectivity index (χ2v) is 5.36. The van der Waals surface area contributed by atoms with E-state index in [1.54, 1.807) is 0 Å². The summed E-state index contributed by atoms with van der Waals surface area (Å²) < 4.78 is 12.3. The maximum absolute atomic E-state index is 11.1. The van der Waals surface area contributed by atoms with Gasteiger partial charge < -0.3 is 9.47 Å². The van der Waals surface area contributed by atoms with Crippen LogP contribution in [0.1, 0.15) is 48.5 Å². The van der Waals surface area contributed by atoms with E-state index in [9.17, 15) is 4.79 Å². The molecule has 0 N–H and O–H groups in total. The molecule has 0 bridgehead atoms. The number of halogens is 1. The van der Waals surface area contributed by atoms with Crippen LogP contribution in [0.3, 0.4) is 0 Å². The Kier molecular flexibility index (Phi) is 4.48. The number of aldehydes is 1. The van der Waals surface area contributed by atoms with E-state index >= 15 is 0 Å². The standard InChI is InChI=1S/C14H17IO3/c1-3-17-11-7-10(8-16)13(15)14(18-4-2)12(11)9-5-6-9/h7-9H,3-6H2,1-2H3. The predicted octanol–water partition coefficient (Wildman–Crippen LogP) is 3.78. The normalized spacial score (nSPS) is 14.4. The first kappa shape index (κ1) is 13.6. The van der Waals surface area contributed by atoms with Crippen LogP contribution in [0.25, 0.3) is 0 Å². The number of rotatable bonds is 6. The van der Waals surface area contributed by atoms with Crippen LogP contribution in [-0.4, -0.2) is 19.5 Å². The van der Waals surface area contributed by atoms with Crippen molar-refractivity contribution in [1.82, 2.24) is 0 Å². The molecule has 3 nitrogen and oxygen atoms in total. The molecule has 0 aliphatic heterocycles. The monoisotopic (exact) mass is 360 g/mol. The van der Waals surface area contributed by atoms with Crippen molar-refractivity contribution in [2.24, 2.45) is 0 Å². The largest absolute Gasteiger partial charge is 0.493 e. The quantitative estimate of drug-likeness (QED) is 0.572. The van der Waals surface area contributed by atoms with Crippen LogP contribution >= 0.6 is 22.6 Å². The summed E-state index contributed by atoms with van der Waals surface area (Å²) in [5, 5.41) is 0. The third kappa shape index (κ3) is 2.63. The van der Waals surface area contributed by atoms with Crippen LogP contribution < -0.4 is 9.47 Å². The fourth-order valence-corrected chi connectivity index (χ4v) is 2.78. The molecule has 1 saturated carbocycles. The molecule has 1 aromatic rings. The average molecular weight is 360 g/mol. The van der Waals surface area contributed by atoms with E-state index in [-0.39, 0.29) is 0 Å². The summed E-state index contributed by atoms with van der Waals surface area (Å²) in [6.07, 6.45) is 3.22. The molecule has 0 radical (unpaired) electrons. The number of carbonyl (C=O) groups excluding carboxylic acids is 1. The maximum atomic E-state index is 11.1. The molecular formula is C14H17IO3. The molecule has 0 atom stereocenters. The van der Waals surface area contributed by atoms with Gasteiger partial charge in [0.1, 0.15) is 11.5 Å². The Balaban J connectivity index is 2.56. The van der Waals surface area contributed by atoms with Crippen LogP contribution in [0.4, 0.5) is 0 Å². The van der Waals surface area contributed by atoms with Crippen molar-refractivity contribution in [3.63, 3.8) is 0 Å². The van der Waals surface area contributed by atoms with Gasteiger partial charge in [0.25, 0.3) is 0 Å². The summed E-state index contributed by atoms with van der Waals surface area (Å²) in [5.41, 5.74) is 1.79. The maximum Gasteiger partial charge on any atom is 0.151 e. The van der Waals surface area contributed by atoms with Crippen molar-refractivity contribution in [1.29, 1.82) is 0 Å². The molecule has 1 aromatic carbocycles. The molecule has 0 amide bonds. The van der Waals surface area contributed by atoms with E-state index in [0.29, 0.717) is 24.7 Å². The van der Waals surface area contributed by atoms with E-state index < -0.39 is 0 Å². The Hall–Kier alpha value is -0.780. The Morgan fingerprint density at radius 2 is 2.00 bits per heavy atom. The number of hydrogen-bond donors (Lipinski definition) is 0. The van der Waals surface area contributed by atoms with Gasteiger partial charge >= 0.3 is 0 Å². The molecule has 98 valence electrons. The molecule has 18 heavy (non-hydrogen) atoms. The first-order chi connectivity index (χ1) is 8.72. The van der Waals surface area contributed by atoms with Gasteiger partial charge in [-0.3, -0.25) is 4.79 Å². The smallest absolute Gasteiger partial charge is 0.151 e. The molecular weight excluding hydrogens is 343 g/mol. The van der Waals surface area contributed by atoms with Gasteiger partial charge in [-0.15, -0.1) is 0 Å². The van der Waals surface area contributed by atoms with Crippen molar-refractivity contribution in [3.8, 4) is 11.5 Å². The van der Waals surface area contributed by atoms with Gasteiger partial charge in [-0.1, -0.05) is 0 Å². The van der Waals surface area contributed by atoms with Gasteiger partial charge in [-0.2, -0.15) is 0 Å². The lowest BCUT2D eigenvalue weighted by molar-refractivity contribution is 0.112. The summed E-state index contributed by atoms with van der Waals surface area (Å²) in [6.45, 7) is 5.12. The first-order valence-corrected chi connectivity index (χ1v) is 7.37. The van der Waals surface area contributed by atoms with Crippen LogP contribution in [0.5, 0.6) is 11.5 Å². The molecule has 0 saturated heterocycles. The van der Waals surface area contributed by atoms with Crippen LogP contribution in [0.2, 0.25) is 0 Å². The highest BCUT2D eigenvalue weighted by Gasteiger charge is 2.32. The van der Waals surface area contributed by atoms with E-state index in [0.717, 1.165) is 26.9 Å². The number of benzene rings is 1. The summed E-state index contributed by atoms with van der Waals surface area (Å²) in [7, 11) is 0.